The van der Waals surface area contributed by atoms with Crippen molar-refractivity contribution in [2.75, 3.05) is 0 Å². The second kappa shape index (κ2) is 5.80. The maximum absolute atomic E-state index is 13.2. The minimum atomic E-state index is -0.237. The minimum absolute atomic E-state index is 0.230. The predicted molar refractivity (Wildman–Crippen MR) is 68.1 cm³/mol. The molecule has 17 heavy (non-hydrogen) atoms. The van der Waals surface area contributed by atoms with Gasteiger partial charge in [-0.05, 0) is 23.8 Å². The summed E-state index contributed by atoms with van der Waals surface area (Å²) < 4.78 is 13.2. The van der Waals surface area contributed by atoms with Crippen molar-refractivity contribution in [1.82, 2.24) is 4.98 Å². The Balaban J connectivity index is 2.04. The summed E-state index contributed by atoms with van der Waals surface area (Å²) in [5, 5.41) is 0.964. The van der Waals surface area contributed by atoms with Crippen LogP contribution in [0.5, 0.6) is 0 Å². The van der Waals surface area contributed by atoms with E-state index in [2.05, 4.69) is 4.98 Å². The van der Waals surface area contributed by atoms with E-state index in [0.717, 1.165) is 16.3 Å². The predicted octanol–water partition coefficient (Wildman–Crippen LogP) is 2.97. The summed E-state index contributed by atoms with van der Waals surface area (Å²) in [5.41, 5.74) is 7.08. The summed E-state index contributed by atoms with van der Waals surface area (Å²) in [4.78, 5) is 4.22. The van der Waals surface area contributed by atoms with Crippen molar-refractivity contribution in [3.05, 3.63) is 59.5 Å². The molecule has 0 aliphatic rings. The van der Waals surface area contributed by atoms with Gasteiger partial charge in [0.15, 0.2) is 0 Å². The maximum Gasteiger partial charge on any atom is 0.127 e. The smallest absolute Gasteiger partial charge is 0.127 e. The summed E-state index contributed by atoms with van der Waals surface area (Å²) in [6.45, 7) is 0.230. The van der Waals surface area contributed by atoms with Gasteiger partial charge in [0, 0.05) is 24.1 Å². The highest BCUT2D eigenvalue weighted by Crippen LogP contribution is 2.21. The van der Waals surface area contributed by atoms with Crippen LogP contribution >= 0.6 is 11.8 Å². The lowest BCUT2D eigenvalue weighted by atomic mass is 10.1. The Hall–Kier alpha value is -1.39. The average Bonchev–Trinajstić information content (AvgIpc) is 2.39. The van der Waals surface area contributed by atoms with Crippen LogP contribution in [0.1, 0.15) is 11.1 Å². The van der Waals surface area contributed by atoms with E-state index >= 15 is 0 Å². The highest BCUT2D eigenvalue weighted by molar-refractivity contribution is 7.98. The Morgan fingerprint density at radius 1 is 1.24 bits per heavy atom. The Morgan fingerprint density at radius 3 is 2.82 bits per heavy atom. The van der Waals surface area contributed by atoms with Crippen LogP contribution in [-0.4, -0.2) is 4.98 Å². The van der Waals surface area contributed by atoms with Crippen molar-refractivity contribution >= 4 is 11.8 Å². The van der Waals surface area contributed by atoms with Gasteiger partial charge in [-0.1, -0.05) is 18.2 Å². The number of aromatic nitrogens is 1. The molecule has 1 aromatic carbocycles. The molecule has 0 radical (unpaired) electrons. The van der Waals surface area contributed by atoms with E-state index in [1.165, 1.54) is 6.07 Å². The van der Waals surface area contributed by atoms with Gasteiger partial charge in [0.05, 0.1) is 5.03 Å². The first-order valence-corrected chi connectivity index (χ1v) is 6.29. The molecule has 2 N–H and O–H groups in total. The zero-order valence-electron chi connectivity index (χ0n) is 9.27. The van der Waals surface area contributed by atoms with E-state index in [4.69, 9.17) is 5.73 Å². The lowest BCUT2D eigenvalue weighted by Crippen LogP contribution is -2.00. The van der Waals surface area contributed by atoms with Crippen molar-refractivity contribution in [2.24, 2.45) is 5.73 Å². The number of pyridine rings is 1. The number of nitrogens with zero attached hydrogens (tertiary/aromatic N) is 1. The Kier molecular flexibility index (Phi) is 4.12. The van der Waals surface area contributed by atoms with E-state index in [-0.39, 0.29) is 12.4 Å². The van der Waals surface area contributed by atoms with Crippen LogP contribution in [0.15, 0.2) is 47.6 Å². The number of rotatable bonds is 4. The molecule has 0 spiro atoms. The van der Waals surface area contributed by atoms with Gasteiger partial charge < -0.3 is 5.73 Å². The number of halogens is 1. The molecular weight excluding hydrogens is 235 g/mol. The molecule has 0 amide bonds. The number of benzene rings is 1. The first-order valence-electron chi connectivity index (χ1n) is 5.31. The quantitative estimate of drug-likeness (QED) is 0.845. The molecule has 0 bridgehead atoms. The van der Waals surface area contributed by atoms with Crippen LogP contribution in [0.25, 0.3) is 0 Å². The lowest BCUT2D eigenvalue weighted by molar-refractivity contribution is 0.610. The van der Waals surface area contributed by atoms with Crippen LogP contribution in [0.3, 0.4) is 0 Å². The second-order valence-corrected chi connectivity index (χ2v) is 4.58. The van der Waals surface area contributed by atoms with E-state index in [1.54, 1.807) is 24.0 Å². The van der Waals surface area contributed by atoms with Gasteiger partial charge in [0.2, 0.25) is 0 Å². The molecule has 1 heterocycles. The largest absolute Gasteiger partial charge is 0.326 e. The van der Waals surface area contributed by atoms with Gasteiger partial charge in [0.1, 0.15) is 5.82 Å². The third kappa shape index (κ3) is 3.28. The van der Waals surface area contributed by atoms with Crippen molar-refractivity contribution in [2.45, 2.75) is 17.3 Å². The molecule has 0 fully saturated rings. The zero-order valence-corrected chi connectivity index (χ0v) is 10.1. The summed E-state index contributed by atoms with van der Waals surface area (Å²) in [7, 11) is 0. The first kappa shape index (κ1) is 12.1. The van der Waals surface area contributed by atoms with Crippen molar-refractivity contribution in [3.8, 4) is 0 Å². The summed E-state index contributed by atoms with van der Waals surface area (Å²) in [6.07, 6.45) is 1.76. The summed E-state index contributed by atoms with van der Waals surface area (Å²) >= 11 is 1.62. The number of hydrogen-bond donors (Lipinski definition) is 1. The highest BCUT2D eigenvalue weighted by Gasteiger charge is 2.02. The van der Waals surface area contributed by atoms with Gasteiger partial charge in [-0.2, -0.15) is 0 Å². The van der Waals surface area contributed by atoms with Crippen LogP contribution in [-0.2, 0) is 12.3 Å². The molecule has 88 valence electrons. The van der Waals surface area contributed by atoms with Crippen LogP contribution < -0.4 is 5.73 Å². The molecule has 2 rings (SSSR count). The van der Waals surface area contributed by atoms with Crippen molar-refractivity contribution < 1.29 is 4.39 Å². The number of thioether (sulfide) groups is 1. The van der Waals surface area contributed by atoms with Crippen LogP contribution in [0.2, 0.25) is 0 Å². The third-order valence-corrected chi connectivity index (χ3v) is 3.37. The summed E-state index contributed by atoms with van der Waals surface area (Å²) in [5.74, 6) is 0.531. The molecule has 1 aromatic heterocycles. The fourth-order valence-corrected chi connectivity index (χ4v) is 2.27. The average molecular weight is 248 g/mol. The molecule has 0 aliphatic carbocycles. The molecule has 0 saturated heterocycles. The molecule has 0 unspecified atom stereocenters. The molecule has 0 aliphatic heterocycles. The fraction of sp³-hybridized carbons (Fsp3) is 0.154. The van der Waals surface area contributed by atoms with E-state index in [0.29, 0.717) is 5.56 Å². The van der Waals surface area contributed by atoms with E-state index < -0.39 is 0 Å². The van der Waals surface area contributed by atoms with E-state index in [9.17, 15) is 4.39 Å². The van der Waals surface area contributed by atoms with Gasteiger partial charge in [-0.15, -0.1) is 11.8 Å². The van der Waals surface area contributed by atoms with E-state index in [1.807, 2.05) is 24.3 Å². The van der Waals surface area contributed by atoms with Gasteiger partial charge >= 0.3 is 0 Å². The third-order valence-electron chi connectivity index (χ3n) is 2.35. The van der Waals surface area contributed by atoms with Gasteiger partial charge in [-0.25, -0.2) is 9.37 Å². The van der Waals surface area contributed by atoms with Crippen molar-refractivity contribution in [1.29, 1.82) is 0 Å². The van der Waals surface area contributed by atoms with Gasteiger partial charge in [-0.3, -0.25) is 0 Å². The monoisotopic (exact) mass is 248 g/mol. The molecule has 0 saturated carbocycles. The Labute approximate surface area is 104 Å². The normalized spacial score (nSPS) is 10.5. The minimum Gasteiger partial charge on any atom is -0.326 e. The Bertz CT molecular complexity index is 488. The van der Waals surface area contributed by atoms with Gasteiger partial charge in [0.25, 0.3) is 0 Å². The summed E-state index contributed by atoms with van der Waals surface area (Å²) in [6, 6.07) is 10.9. The molecule has 0 atom stereocenters. The second-order valence-electron chi connectivity index (χ2n) is 3.59. The number of hydrogen-bond acceptors (Lipinski definition) is 3. The molecule has 4 heteroatoms. The molecule has 2 aromatic rings. The highest BCUT2D eigenvalue weighted by atomic mass is 32.2. The number of nitrogens with two attached hydrogens (primary N) is 1. The molecule has 2 nitrogen and oxygen atoms in total. The fourth-order valence-electron chi connectivity index (χ4n) is 1.46. The van der Waals surface area contributed by atoms with Crippen molar-refractivity contribution in [3.63, 3.8) is 0 Å². The maximum atomic E-state index is 13.2. The topological polar surface area (TPSA) is 38.9 Å². The zero-order chi connectivity index (χ0) is 12.1. The standard InChI is InChI=1S/C13H13FN2S/c14-12-5-4-10(7-11(12)8-15)9-17-13-3-1-2-6-16-13/h1-7H,8-9,15H2. The van der Waals surface area contributed by atoms with Crippen LogP contribution in [0.4, 0.5) is 4.39 Å². The SMILES string of the molecule is NCc1cc(CSc2ccccn2)ccc1F. The Morgan fingerprint density at radius 2 is 2.12 bits per heavy atom. The first-order chi connectivity index (χ1) is 8.29. The molecular formula is C13H13FN2S. The lowest BCUT2D eigenvalue weighted by Gasteiger charge is -2.04. The van der Waals surface area contributed by atoms with Crippen LogP contribution in [0, 0.1) is 5.82 Å².